The second-order valence-electron chi connectivity index (χ2n) is 4.21. The normalized spacial score (nSPS) is 11.9. The number of aromatic nitrogens is 1. The van der Waals surface area contributed by atoms with E-state index >= 15 is 0 Å². The van der Waals surface area contributed by atoms with Gasteiger partial charge in [-0.25, -0.2) is 0 Å². The van der Waals surface area contributed by atoms with E-state index in [-0.39, 0.29) is 17.6 Å². The molecule has 0 aliphatic rings. The third-order valence-corrected chi connectivity index (χ3v) is 3.64. The van der Waals surface area contributed by atoms with E-state index in [1.54, 1.807) is 24.5 Å². The highest BCUT2D eigenvalue weighted by Crippen LogP contribution is 2.31. The molecule has 1 N–H and O–H groups in total. The number of carbonyl (C=O) groups excluding carboxylic acids is 2. The van der Waals surface area contributed by atoms with Gasteiger partial charge in [0.05, 0.1) is 5.00 Å². The van der Waals surface area contributed by atoms with Crippen molar-refractivity contribution in [1.29, 1.82) is 0 Å². The van der Waals surface area contributed by atoms with Gasteiger partial charge in [-0.15, -0.1) is 11.3 Å². The van der Waals surface area contributed by atoms with E-state index in [0.717, 1.165) is 10.6 Å². The average Bonchev–Trinajstić information content (AvgIpc) is 2.85. The van der Waals surface area contributed by atoms with Crippen LogP contribution in [-0.4, -0.2) is 16.7 Å². The van der Waals surface area contributed by atoms with Gasteiger partial charge in [-0.05, 0) is 29.1 Å². The van der Waals surface area contributed by atoms with Gasteiger partial charge in [0, 0.05) is 30.8 Å². The maximum absolute atomic E-state index is 12.3. The SMILES string of the molecule is CC(=O)Nc1sccc1C(C)C(=O)c1cccnc1. The molecule has 0 fully saturated rings. The lowest BCUT2D eigenvalue weighted by atomic mass is 9.94. The predicted octanol–water partition coefficient (Wildman–Crippen LogP) is 3.09. The first-order chi connectivity index (χ1) is 9.09. The van der Waals surface area contributed by atoms with E-state index in [4.69, 9.17) is 0 Å². The van der Waals surface area contributed by atoms with Gasteiger partial charge in [0.1, 0.15) is 0 Å². The maximum atomic E-state index is 12.3. The summed E-state index contributed by atoms with van der Waals surface area (Å²) in [5.74, 6) is -0.444. The van der Waals surface area contributed by atoms with Gasteiger partial charge in [-0.1, -0.05) is 6.92 Å². The highest BCUT2D eigenvalue weighted by Gasteiger charge is 2.21. The first-order valence-corrected chi connectivity index (χ1v) is 6.76. The number of hydrogen-bond donors (Lipinski definition) is 1. The van der Waals surface area contributed by atoms with Crippen LogP contribution < -0.4 is 5.32 Å². The van der Waals surface area contributed by atoms with Crippen LogP contribution in [0.3, 0.4) is 0 Å². The van der Waals surface area contributed by atoms with Crippen molar-refractivity contribution in [3.8, 4) is 0 Å². The fraction of sp³-hybridized carbons (Fsp3) is 0.214. The number of ketones is 1. The van der Waals surface area contributed by atoms with Crippen LogP contribution in [0.5, 0.6) is 0 Å². The monoisotopic (exact) mass is 274 g/mol. The number of anilines is 1. The predicted molar refractivity (Wildman–Crippen MR) is 75.6 cm³/mol. The summed E-state index contributed by atoms with van der Waals surface area (Å²) in [6, 6.07) is 5.35. The lowest BCUT2D eigenvalue weighted by molar-refractivity contribution is -0.114. The molecule has 1 unspecified atom stereocenters. The zero-order chi connectivity index (χ0) is 13.8. The fourth-order valence-corrected chi connectivity index (χ4v) is 2.76. The molecule has 5 heteroatoms. The van der Waals surface area contributed by atoms with E-state index in [1.165, 1.54) is 18.3 Å². The number of hydrogen-bond acceptors (Lipinski definition) is 4. The smallest absolute Gasteiger partial charge is 0.221 e. The number of pyridine rings is 1. The molecule has 1 atom stereocenters. The molecule has 2 aromatic heterocycles. The molecular formula is C14H14N2O2S. The second kappa shape index (κ2) is 5.75. The fourth-order valence-electron chi connectivity index (χ4n) is 1.82. The molecule has 0 radical (unpaired) electrons. The standard InChI is InChI=1S/C14H14N2O2S/c1-9(13(18)11-4-3-6-15-8-11)12-5-7-19-14(12)16-10(2)17/h3-9H,1-2H3,(H,16,17). The van der Waals surface area contributed by atoms with Crippen molar-refractivity contribution in [2.24, 2.45) is 0 Å². The third-order valence-electron chi connectivity index (χ3n) is 2.79. The minimum atomic E-state index is -0.308. The molecular weight excluding hydrogens is 260 g/mol. The first kappa shape index (κ1) is 13.4. The van der Waals surface area contributed by atoms with Crippen molar-refractivity contribution in [1.82, 2.24) is 4.98 Å². The molecule has 0 aliphatic carbocycles. The van der Waals surface area contributed by atoms with Crippen molar-refractivity contribution in [3.63, 3.8) is 0 Å². The maximum Gasteiger partial charge on any atom is 0.221 e. The van der Waals surface area contributed by atoms with Crippen LogP contribution in [-0.2, 0) is 4.79 Å². The molecule has 4 nitrogen and oxygen atoms in total. The van der Waals surface area contributed by atoms with Crippen LogP contribution >= 0.6 is 11.3 Å². The highest BCUT2D eigenvalue weighted by molar-refractivity contribution is 7.14. The summed E-state index contributed by atoms with van der Waals surface area (Å²) in [6.45, 7) is 3.29. The topological polar surface area (TPSA) is 59.1 Å². The van der Waals surface area contributed by atoms with Gasteiger partial charge in [0.2, 0.25) is 5.91 Å². The zero-order valence-electron chi connectivity index (χ0n) is 10.7. The van der Waals surface area contributed by atoms with E-state index in [2.05, 4.69) is 10.3 Å². The van der Waals surface area contributed by atoms with Crippen LogP contribution in [0.15, 0.2) is 36.0 Å². The molecule has 0 saturated carbocycles. The molecule has 98 valence electrons. The number of amides is 1. The molecule has 0 saturated heterocycles. The van der Waals surface area contributed by atoms with Crippen molar-refractivity contribution >= 4 is 28.0 Å². The highest BCUT2D eigenvalue weighted by atomic mass is 32.1. The van der Waals surface area contributed by atoms with Gasteiger partial charge < -0.3 is 5.32 Å². The van der Waals surface area contributed by atoms with E-state index in [0.29, 0.717) is 5.56 Å². The lowest BCUT2D eigenvalue weighted by Gasteiger charge is -2.11. The number of nitrogens with zero attached hydrogens (tertiary/aromatic N) is 1. The number of Topliss-reactive ketones (excluding diaryl/α,β-unsaturated/α-hetero) is 1. The van der Waals surface area contributed by atoms with Crippen LogP contribution in [0.2, 0.25) is 0 Å². The van der Waals surface area contributed by atoms with Gasteiger partial charge >= 0.3 is 0 Å². The summed E-state index contributed by atoms with van der Waals surface area (Å²) in [4.78, 5) is 27.4. The lowest BCUT2D eigenvalue weighted by Crippen LogP contribution is -2.12. The largest absolute Gasteiger partial charge is 0.318 e. The van der Waals surface area contributed by atoms with Gasteiger partial charge in [-0.3, -0.25) is 14.6 Å². The number of thiophene rings is 1. The minimum absolute atomic E-state index is 0.00176. The molecule has 0 aromatic carbocycles. The van der Waals surface area contributed by atoms with Crippen LogP contribution in [0, 0.1) is 0 Å². The van der Waals surface area contributed by atoms with Crippen molar-refractivity contribution in [2.45, 2.75) is 19.8 Å². The first-order valence-electron chi connectivity index (χ1n) is 5.89. The third kappa shape index (κ3) is 3.06. The summed E-state index contributed by atoms with van der Waals surface area (Å²) >= 11 is 1.42. The molecule has 19 heavy (non-hydrogen) atoms. The quantitative estimate of drug-likeness (QED) is 0.872. The number of nitrogens with one attached hydrogen (secondary N) is 1. The molecule has 2 heterocycles. The summed E-state index contributed by atoms with van der Waals surface area (Å²) in [5, 5.41) is 5.35. The Kier molecular flexibility index (Phi) is 4.06. The van der Waals surface area contributed by atoms with Gasteiger partial charge in [0.25, 0.3) is 0 Å². The summed E-state index contributed by atoms with van der Waals surface area (Å²) in [5.41, 5.74) is 1.42. The minimum Gasteiger partial charge on any atom is -0.318 e. The Balaban J connectivity index is 2.25. The van der Waals surface area contributed by atoms with Gasteiger partial charge in [0.15, 0.2) is 5.78 Å². The van der Waals surface area contributed by atoms with Crippen molar-refractivity contribution in [3.05, 3.63) is 47.1 Å². The van der Waals surface area contributed by atoms with Crippen LogP contribution in [0.1, 0.15) is 35.7 Å². The van der Waals surface area contributed by atoms with E-state index < -0.39 is 0 Å². The summed E-state index contributed by atoms with van der Waals surface area (Å²) in [7, 11) is 0. The summed E-state index contributed by atoms with van der Waals surface area (Å²) < 4.78 is 0. The molecule has 0 aliphatic heterocycles. The summed E-state index contributed by atoms with van der Waals surface area (Å²) in [6.07, 6.45) is 3.19. The van der Waals surface area contributed by atoms with Crippen LogP contribution in [0.4, 0.5) is 5.00 Å². The Morgan fingerprint density at radius 3 is 2.79 bits per heavy atom. The Bertz CT molecular complexity index is 593. The Labute approximate surface area is 115 Å². The number of carbonyl (C=O) groups is 2. The average molecular weight is 274 g/mol. The second-order valence-corrected chi connectivity index (χ2v) is 5.13. The Hall–Kier alpha value is -2.01. The van der Waals surface area contributed by atoms with Crippen molar-refractivity contribution in [2.75, 3.05) is 5.32 Å². The molecule has 1 amide bonds. The van der Waals surface area contributed by atoms with Crippen LogP contribution in [0.25, 0.3) is 0 Å². The zero-order valence-corrected chi connectivity index (χ0v) is 11.5. The Morgan fingerprint density at radius 1 is 1.37 bits per heavy atom. The van der Waals surface area contributed by atoms with E-state index in [1.807, 2.05) is 18.4 Å². The molecule has 0 spiro atoms. The Morgan fingerprint density at radius 2 is 2.16 bits per heavy atom. The molecule has 0 bridgehead atoms. The molecule has 2 rings (SSSR count). The molecule has 2 aromatic rings. The van der Waals surface area contributed by atoms with Crippen molar-refractivity contribution < 1.29 is 9.59 Å². The van der Waals surface area contributed by atoms with Gasteiger partial charge in [-0.2, -0.15) is 0 Å². The van der Waals surface area contributed by atoms with E-state index in [9.17, 15) is 9.59 Å². The number of rotatable bonds is 4.